The highest BCUT2D eigenvalue weighted by molar-refractivity contribution is 5.88. The molecule has 1 amide bonds. The van der Waals surface area contributed by atoms with E-state index in [4.69, 9.17) is 0 Å². The Morgan fingerprint density at radius 3 is 2.87 bits per heavy atom. The van der Waals surface area contributed by atoms with E-state index in [1.165, 1.54) is 13.0 Å². The highest BCUT2D eigenvalue weighted by atomic mass is 16.1. The Balaban J connectivity index is 2.38. The van der Waals surface area contributed by atoms with Crippen molar-refractivity contribution in [1.29, 1.82) is 0 Å². The van der Waals surface area contributed by atoms with Crippen molar-refractivity contribution in [2.45, 2.75) is 39.7 Å². The summed E-state index contributed by atoms with van der Waals surface area (Å²) in [5.41, 5.74) is 1.05. The number of allylic oxidation sites excluding steroid dienone is 1. The normalized spacial score (nSPS) is 22.2. The number of likely N-dealkylation sites (tertiary alicyclic amines) is 1. The molecule has 0 spiro atoms. The Bertz CT molecular complexity index is 244. The monoisotopic (exact) mass is 210 g/mol. The lowest BCUT2D eigenvalue weighted by Gasteiger charge is -2.32. The second-order valence-corrected chi connectivity index (χ2v) is 4.46. The van der Waals surface area contributed by atoms with Crippen LogP contribution in [0, 0.1) is 0 Å². The molecular formula is C12H22N2O. The van der Waals surface area contributed by atoms with Crippen LogP contribution >= 0.6 is 0 Å². The van der Waals surface area contributed by atoms with E-state index >= 15 is 0 Å². The Hall–Kier alpha value is -0.830. The van der Waals surface area contributed by atoms with E-state index in [2.05, 4.69) is 17.1 Å². The number of piperidine rings is 1. The first-order valence-corrected chi connectivity index (χ1v) is 5.79. The lowest BCUT2D eigenvalue weighted by molar-refractivity contribution is -0.117. The number of nitrogens with zero attached hydrogens (tertiary/aromatic N) is 1. The van der Waals surface area contributed by atoms with Crippen LogP contribution in [-0.2, 0) is 4.79 Å². The van der Waals surface area contributed by atoms with Gasteiger partial charge in [0.25, 0.3) is 0 Å². The molecule has 0 aromatic heterocycles. The molecule has 1 aliphatic heterocycles. The molecule has 1 heterocycles. The molecule has 0 bridgehead atoms. The molecule has 0 aromatic carbocycles. The predicted octanol–water partition coefficient (Wildman–Crippen LogP) is 1.55. The minimum absolute atomic E-state index is 0.0537. The standard InChI is InChI=1S/C12H22N2O/c1-4-14-7-5-6-11(9-14)13-12(15)8-10(2)3/h8,11H,4-7,9H2,1-3H3,(H,13,15). The molecular weight excluding hydrogens is 188 g/mol. The molecule has 1 saturated heterocycles. The fourth-order valence-corrected chi connectivity index (χ4v) is 1.97. The van der Waals surface area contributed by atoms with E-state index in [0.717, 1.165) is 25.1 Å². The van der Waals surface area contributed by atoms with Gasteiger partial charge in [-0.05, 0) is 39.8 Å². The molecule has 1 N–H and O–H groups in total. The maximum Gasteiger partial charge on any atom is 0.244 e. The molecule has 0 aliphatic carbocycles. The lowest BCUT2D eigenvalue weighted by atomic mass is 10.1. The SMILES string of the molecule is CCN1CCCC(NC(=O)C=C(C)C)C1. The van der Waals surface area contributed by atoms with Gasteiger partial charge in [0, 0.05) is 18.7 Å². The topological polar surface area (TPSA) is 32.3 Å². The highest BCUT2D eigenvalue weighted by Crippen LogP contribution is 2.09. The van der Waals surface area contributed by atoms with Gasteiger partial charge in [0.1, 0.15) is 0 Å². The molecule has 3 nitrogen and oxygen atoms in total. The summed E-state index contributed by atoms with van der Waals surface area (Å²) in [4.78, 5) is 13.9. The summed E-state index contributed by atoms with van der Waals surface area (Å²) in [6.07, 6.45) is 3.97. The van der Waals surface area contributed by atoms with Crippen LogP contribution in [0.3, 0.4) is 0 Å². The molecule has 1 rings (SSSR count). The third-order valence-corrected chi connectivity index (χ3v) is 2.72. The molecule has 3 heteroatoms. The van der Waals surface area contributed by atoms with Crippen molar-refractivity contribution in [2.24, 2.45) is 0 Å². The van der Waals surface area contributed by atoms with Gasteiger partial charge in [0.15, 0.2) is 0 Å². The van der Waals surface area contributed by atoms with Crippen molar-refractivity contribution in [2.75, 3.05) is 19.6 Å². The second kappa shape index (κ2) is 5.91. The minimum Gasteiger partial charge on any atom is -0.349 e. The zero-order valence-corrected chi connectivity index (χ0v) is 10.0. The number of hydrogen-bond donors (Lipinski definition) is 1. The largest absolute Gasteiger partial charge is 0.349 e. The molecule has 0 saturated carbocycles. The summed E-state index contributed by atoms with van der Waals surface area (Å²) < 4.78 is 0. The first-order valence-electron chi connectivity index (χ1n) is 5.79. The fraction of sp³-hybridized carbons (Fsp3) is 0.750. The van der Waals surface area contributed by atoms with E-state index < -0.39 is 0 Å². The van der Waals surface area contributed by atoms with Crippen LogP contribution in [0.2, 0.25) is 0 Å². The number of amides is 1. The van der Waals surface area contributed by atoms with Crippen LogP contribution in [0.15, 0.2) is 11.6 Å². The maximum atomic E-state index is 11.5. The summed E-state index contributed by atoms with van der Waals surface area (Å²) >= 11 is 0. The third kappa shape index (κ3) is 4.47. The van der Waals surface area contributed by atoms with Gasteiger partial charge in [-0.3, -0.25) is 4.79 Å². The van der Waals surface area contributed by atoms with Crippen molar-refractivity contribution in [1.82, 2.24) is 10.2 Å². The Kier molecular flexibility index (Phi) is 4.82. The van der Waals surface area contributed by atoms with Crippen molar-refractivity contribution >= 4 is 5.91 Å². The van der Waals surface area contributed by atoms with Gasteiger partial charge < -0.3 is 10.2 Å². The predicted molar refractivity (Wildman–Crippen MR) is 62.7 cm³/mol. The number of rotatable bonds is 3. The van der Waals surface area contributed by atoms with E-state index in [1.54, 1.807) is 6.08 Å². The summed E-state index contributed by atoms with van der Waals surface area (Å²) in [7, 11) is 0. The van der Waals surface area contributed by atoms with Gasteiger partial charge >= 0.3 is 0 Å². The average Bonchev–Trinajstić information content (AvgIpc) is 2.16. The van der Waals surface area contributed by atoms with Crippen LogP contribution in [0.4, 0.5) is 0 Å². The third-order valence-electron chi connectivity index (χ3n) is 2.72. The lowest BCUT2D eigenvalue weighted by Crippen LogP contribution is -2.47. The quantitative estimate of drug-likeness (QED) is 0.717. The first-order chi connectivity index (χ1) is 7.11. The van der Waals surface area contributed by atoms with Gasteiger partial charge in [0.2, 0.25) is 5.91 Å². The van der Waals surface area contributed by atoms with E-state index in [1.807, 2.05) is 13.8 Å². The van der Waals surface area contributed by atoms with Gasteiger partial charge in [0.05, 0.1) is 0 Å². The van der Waals surface area contributed by atoms with Crippen molar-refractivity contribution < 1.29 is 4.79 Å². The van der Waals surface area contributed by atoms with Crippen molar-refractivity contribution in [3.63, 3.8) is 0 Å². The van der Waals surface area contributed by atoms with Crippen LogP contribution in [-0.4, -0.2) is 36.5 Å². The Morgan fingerprint density at radius 1 is 1.53 bits per heavy atom. The van der Waals surface area contributed by atoms with Gasteiger partial charge in [-0.25, -0.2) is 0 Å². The first kappa shape index (κ1) is 12.2. The number of carbonyl (C=O) groups is 1. The second-order valence-electron chi connectivity index (χ2n) is 4.46. The zero-order valence-electron chi connectivity index (χ0n) is 10.0. The molecule has 1 fully saturated rings. The smallest absolute Gasteiger partial charge is 0.244 e. The van der Waals surface area contributed by atoms with Gasteiger partial charge in [-0.15, -0.1) is 0 Å². The molecule has 1 unspecified atom stereocenters. The summed E-state index contributed by atoms with van der Waals surface area (Å²) in [6, 6.07) is 0.335. The van der Waals surface area contributed by atoms with E-state index in [-0.39, 0.29) is 5.91 Å². The van der Waals surface area contributed by atoms with Crippen LogP contribution in [0.1, 0.15) is 33.6 Å². The van der Waals surface area contributed by atoms with Crippen LogP contribution < -0.4 is 5.32 Å². The maximum absolute atomic E-state index is 11.5. The molecule has 0 radical (unpaired) electrons. The molecule has 1 aliphatic rings. The minimum atomic E-state index is 0.0537. The molecule has 86 valence electrons. The molecule has 1 atom stereocenters. The van der Waals surface area contributed by atoms with Gasteiger partial charge in [-0.2, -0.15) is 0 Å². The fourth-order valence-electron chi connectivity index (χ4n) is 1.97. The molecule has 0 aromatic rings. The van der Waals surface area contributed by atoms with Crippen LogP contribution in [0.25, 0.3) is 0 Å². The summed E-state index contributed by atoms with van der Waals surface area (Å²) in [5.74, 6) is 0.0537. The summed E-state index contributed by atoms with van der Waals surface area (Å²) in [6.45, 7) is 9.30. The average molecular weight is 210 g/mol. The summed E-state index contributed by atoms with van der Waals surface area (Å²) in [5, 5.41) is 3.06. The Labute approximate surface area is 92.5 Å². The number of hydrogen-bond acceptors (Lipinski definition) is 2. The van der Waals surface area contributed by atoms with E-state index in [0.29, 0.717) is 6.04 Å². The Morgan fingerprint density at radius 2 is 2.27 bits per heavy atom. The number of carbonyl (C=O) groups excluding carboxylic acids is 1. The highest BCUT2D eigenvalue weighted by Gasteiger charge is 2.19. The van der Waals surface area contributed by atoms with Crippen LogP contribution in [0.5, 0.6) is 0 Å². The van der Waals surface area contributed by atoms with Crippen molar-refractivity contribution in [3.8, 4) is 0 Å². The number of likely N-dealkylation sites (N-methyl/N-ethyl adjacent to an activating group) is 1. The van der Waals surface area contributed by atoms with E-state index in [9.17, 15) is 4.79 Å². The van der Waals surface area contributed by atoms with Crippen molar-refractivity contribution in [3.05, 3.63) is 11.6 Å². The zero-order chi connectivity index (χ0) is 11.3. The number of nitrogens with one attached hydrogen (secondary N) is 1. The molecule has 15 heavy (non-hydrogen) atoms. The van der Waals surface area contributed by atoms with Gasteiger partial charge in [-0.1, -0.05) is 12.5 Å².